The molecule has 3 saturated heterocycles. The number of carbonyl (C=O) groups is 1. The van der Waals surface area contributed by atoms with Crippen LogP contribution in [0.5, 0.6) is 0 Å². The van der Waals surface area contributed by atoms with Crippen molar-refractivity contribution in [1.82, 2.24) is 0 Å². The van der Waals surface area contributed by atoms with Crippen molar-refractivity contribution in [3.8, 4) is 0 Å². The van der Waals surface area contributed by atoms with Crippen LogP contribution in [0.3, 0.4) is 0 Å². The first-order valence-corrected chi connectivity index (χ1v) is 8.95. The van der Waals surface area contributed by atoms with E-state index in [2.05, 4.69) is 14.0 Å². The van der Waals surface area contributed by atoms with Crippen molar-refractivity contribution in [2.24, 2.45) is 0 Å². The first kappa shape index (κ1) is 16.1. The lowest BCUT2D eigenvalue weighted by Gasteiger charge is -2.47. The minimum absolute atomic E-state index is 0.0561. The van der Waals surface area contributed by atoms with Crippen LogP contribution >= 0.6 is 0 Å². The van der Waals surface area contributed by atoms with Gasteiger partial charge in [0.15, 0.2) is 0 Å². The molecule has 4 rings (SSSR count). The van der Waals surface area contributed by atoms with Crippen molar-refractivity contribution in [2.45, 2.75) is 56.1 Å². The average Bonchev–Trinajstić information content (AvgIpc) is 3.35. The highest BCUT2D eigenvalue weighted by atomic mass is 16.6. The largest absolute Gasteiger partial charge is 0.461 e. The molecule has 24 heavy (non-hydrogen) atoms. The van der Waals surface area contributed by atoms with E-state index in [1.54, 1.807) is 0 Å². The predicted octanol–water partition coefficient (Wildman–Crippen LogP) is 1.45. The second-order valence-corrected chi connectivity index (χ2v) is 7.54. The van der Waals surface area contributed by atoms with Crippen LogP contribution in [0.25, 0.3) is 0 Å². The number of epoxide rings is 1. The molecule has 0 spiro atoms. The Morgan fingerprint density at radius 3 is 2.46 bits per heavy atom. The van der Waals surface area contributed by atoms with Gasteiger partial charge in [0.2, 0.25) is 0 Å². The molecule has 5 heteroatoms. The fourth-order valence-corrected chi connectivity index (χ4v) is 4.87. The maximum atomic E-state index is 12.6. The molecule has 2 unspecified atom stereocenters. The summed E-state index contributed by atoms with van der Waals surface area (Å²) in [5.74, 6) is -0.904. The molecule has 130 valence electrons. The van der Waals surface area contributed by atoms with Gasteiger partial charge in [-0.05, 0) is 12.5 Å². The van der Waals surface area contributed by atoms with Gasteiger partial charge < -0.3 is 19.1 Å². The summed E-state index contributed by atoms with van der Waals surface area (Å²) in [5.41, 5.74) is 0.809. The van der Waals surface area contributed by atoms with E-state index in [-0.39, 0.29) is 18.7 Å². The number of benzene rings is 1. The van der Waals surface area contributed by atoms with E-state index in [1.807, 2.05) is 30.3 Å². The molecular weight excluding hydrogens is 306 g/mol. The zero-order chi connectivity index (χ0) is 16.9. The highest BCUT2D eigenvalue weighted by molar-refractivity contribution is 5.78. The van der Waals surface area contributed by atoms with Gasteiger partial charge in [-0.25, -0.2) is 0 Å². The van der Waals surface area contributed by atoms with E-state index >= 15 is 0 Å². The molecule has 5 nitrogen and oxygen atoms in total. The maximum Gasteiger partial charge on any atom is 0.316 e. The summed E-state index contributed by atoms with van der Waals surface area (Å²) in [7, 11) is 2.31. The number of aliphatic hydroxyl groups excluding tert-OH is 1. The summed E-state index contributed by atoms with van der Waals surface area (Å²) in [6.07, 6.45) is 2.37. The smallest absolute Gasteiger partial charge is 0.316 e. The van der Waals surface area contributed by atoms with E-state index in [9.17, 15) is 9.90 Å². The highest BCUT2D eigenvalue weighted by Crippen LogP contribution is 2.52. The van der Waals surface area contributed by atoms with Gasteiger partial charge in [-0.2, -0.15) is 0 Å². The molecule has 0 radical (unpaired) electrons. The Morgan fingerprint density at radius 2 is 1.92 bits per heavy atom. The van der Waals surface area contributed by atoms with Crippen molar-refractivity contribution >= 4 is 5.97 Å². The first-order valence-electron chi connectivity index (χ1n) is 8.95. The molecule has 1 N–H and O–H groups in total. The molecule has 0 amide bonds. The average molecular weight is 332 g/mol. The summed E-state index contributed by atoms with van der Waals surface area (Å²) in [6, 6.07) is 10.2. The van der Waals surface area contributed by atoms with Gasteiger partial charge in [0, 0.05) is 12.8 Å². The van der Waals surface area contributed by atoms with Crippen molar-refractivity contribution in [3.63, 3.8) is 0 Å². The molecule has 0 aromatic heterocycles. The van der Waals surface area contributed by atoms with Crippen LogP contribution in [0.15, 0.2) is 30.3 Å². The number of fused-ring (bicyclic) bond motifs is 5. The summed E-state index contributed by atoms with van der Waals surface area (Å²) >= 11 is 0. The lowest BCUT2D eigenvalue weighted by Crippen LogP contribution is -2.62. The third-order valence-corrected chi connectivity index (χ3v) is 6.48. The van der Waals surface area contributed by atoms with Gasteiger partial charge >= 0.3 is 5.97 Å². The number of carbonyl (C=O) groups excluding carboxylic acids is 1. The summed E-state index contributed by atoms with van der Waals surface area (Å²) < 4.78 is 12.7. The molecule has 3 aliphatic heterocycles. The lowest BCUT2D eigenvalue weighted by atomic mass is 9.95. The Kier molecular flexibility index (Phi) is 3.90. The number of quaternary nitrogens is 1. The van der Waals surface area contributed by atoms with Crippen LogP contribution in [-0.2, 0) is 14.3 Å². The maximum absolute atomic E-state index is 12.6. The monoisotopic (exact) mass is 332 g/mol. The molecular formula is C19H26NO4+. The van der Waals surface area contributed by atoms with Gasteiger partial charge in [-0.3, -0.25) is 4.79 Å². The third kappa shape index (κ3) is 2.38. The molecule has 2 bridgehead atoms. The first-order chi connectivity index (χ1) is 11.6. The topological polar surface area (TPSA) is 59.1 Å². The minimum Gasteiger partial charge on any atom is -0.461 e. The number of nitrogens with zero attached hydrogens (tertiary/aromatic N) is 1. The zero-order valence-electron chi connectivity index (χ0n) is 14.3. The standard InChI is InChI=1S/C19H26NO4/c1-3-20(2)15-9-13(10-16(20)18-17(15)24-18)23-19(22)14(11-21)12-7-5-4-6-8-12/h4-8,13-18,21H,3,9-11H2,1-2H3/q+1/t13?,14-,15-,16+,17-,18+,20?/m1/s1. The Balaban J connectivity index is 1.44. The molecule has 3 fully saturated rings. The normalized spacial score (nSPS) is 40.7. The van der Waals surface area contributed by atoms with E-state index in [4.69, 9.17) is 9.47 Å². The van der Waals surface area contributed by atoms with Crippen molar-refractivity contribution in [2.75, 3.05) is 20.2 Å². The Labute approximate surface area is 142 Å². The number of likely N-dealkylation sites (N-methyl/N-ethyl adjacent to an activating group) is 1. The van der Waals surface area contributed by atoms with Crippen molar-refractivity contribution < 1.29 is 23.9 Å². The van der Waals surface area contributed by atoms with Gasteiger partial charge in [0.05, 0.1) is 20.2 Å². The summed E-state index contributed by atoms with van der Waals surface area (Å²) in [4.78, 5) is 12.6. The van der Waals surface area contributed by atoms with Crippen LogP contribution in [0.1, 0.15) is 31.2 Å². The number of aliphatic hydroxyl groups is 1. The summed E-state index contributed by atoms with van der Waals surface area (Å²) in [6.45, 7) is 3.10. The van der Waals surface area contributed by atoms with Crippen LogP contribution in [0.4, 0.5) is 0 Å². The fourth-order valence-electron chi connectivity index (χ4n) is 4.87. The van der Waals surface area contributed by atoms with E-state index in [0.717, 1.165) is 29.4 Å². The Hall–Kier alpha value is -1.43. The van der Waals surface area contributed by atoms with Crippen LogP contribution < -0.4 is 0 Å². The van der Waals surface area contributed by atoms with Crippen LogP contribution in [0.2, 0.25) is 0 Å². The van der Waals surface area contributed by atoms with Gasteiger partial charge in [-0.15, -0.1) is 0 Å². The van der Waals surface area contributed by atoms with E-state index in [1.165, 1.54) is 0 Å². The zero-order valence-corrected chi connectivity index (χ0v) is 14.3. The number of hydrogen-bond donors (Lipinski definition) is 1. The minimum atomic E-state index is -0.594. The van der Waals surface area contributed by atoms with Crippen LogP contribution in [0, 0.1) is 0 Å². The number of morpholine rings is 1. The van der Waals surface area contributed by atoms with Crippen molar-refractivity contribution in [1.29, 1.82) is 0 Å². The third-order valence-electron chi connectivity index (χ3n) is 6.48. The molecule has 1 aromatic carbocycles. The SMILES string of the molecule is CC[N+]1(C)[C@@H]2CC(OC(=O)[C@H](CO)c3ccccc3)C[C@H]1[C@@H]1O[C@@H]12. The molecule has 0 aliphatic carbocycles. The second-order valence-electron chi connectivity index (χ2n) is 7.54. The van der Waals surface area contributed by atoms with E-state index in [0.29, 0.717) is 24.3 Å². The Bertz CT molecular complexity index is 601. The lowest BCUT2D eigenvalue weighted by molar-refractivity contribution is -0.954. The molecule has 3 aliphatic rings. The number of hydrogen-bond acceptors (Lipinski definition) is 4. The second kappa shape index (κ2) is 5.83. The quantitative estimate of drug-likeness (QED) is 0.504. The van der Waals surface area contributed by atoms with Crippen molar-refractivity contribution in [3.05, 3.63) is 35.9 Å². The molecule has 3 heterocycles. The fraction of sp³-hybridized carbons (Fsp3) is 0.632. The number of rotatable bonds is 5. The number of piperidine rings is 1. The Morgan fingerprint density at radius 1 is 1.29 bits per heavy atom. The van der Waals surface area contributed by atoms with Crippen LogP contribution in [-0.4, -0.2) is 66.2 Å². The molecule has 7 atom stereocenters. The van der Waals surface area contributed by atoms with Gasteiger partial charge in [0.25, 0.3) is 0 Å². The number of esters is 1. The molecule has 0 saturated carbocycles. The van der Waals surface area contributed by atoms with Gasteiger partial charge in [-0.1, -0.05) is 30.3 Å². The number of ether oxygens (including phenoxy) is 2. The summed E-state index contributed by atoms with van der Waals surface area (Å²) in [5, 5.41) is 9.64. The highest BCUT2D eigenvalue weighted by Gasteiger charge is 2.71. The molecule has 1 aromatic rings. The van der Waals surface area contributed by atoms with Gasteiger partial charge in [0.1, 0.15) is 36.3 Å². The predicted molar refractivity (Wildman–Crippen MR) is 88.3 cm³/mol. The van der Waals surface area contributed by atoms with E-state index < -0.39 is 5.92 Å².